The lowest BCUT2D eigenvalue weighted by molar-refractivity contribution is -0.386. The molecule has 0 aliphatic rings. The molecule has 0 aliphatic carbocycles. The number of rotatable bonds is 1. The monoisotopic (exact) mass is 124 g/mol. The maximum absolute atomic E-state index is 8.83. The summed E-state index contributed by atoms with van der Waals surface area (Å²) in [5.74, 6) is 0.312. The number of phenols is 1. The highest BCUT2D eigenvalue weighted by atomic mass is 16.3. The first-order valence-corrected chi connectivity index (χ1v) is 2.90. The van der Waals surface area contributed by atoms with Crippen LogP contribution in [0.15, 0.2) is 24.3 Å². The van der Waals surface area contributed by atoms with Gasteiger partial charge in [-0.15, -0.1) is 0 Å². The molecule has 9 heavy (non-hydrogen) atoms. The number of phenolic OH excluding ortho intramolecular Hbond substituents is 1. The van der Waals surface area contributed by atoms with E-state index in [0.29, 0.717) is 5.75 Å². The molecule has 0 spiro atoms. The minimum absolute atomic E-state index is 0.312. The van der Waals surface area contributed by atoms with Crippen LogP contribution in [0.2, 0.25) is 0 Å². The van der Waals surface area contributed by atoms with E-state index in [1.165, 1.54) is 0 Å². The van der Waals surface area contributed by atoms with Gasteiger partial charge in [0.2, 0.25) is 0 Å². The van der Waals surface area contributed by atoms with Crippen molar-refractivity contribution in [1.29, 1.82) is 0 Å². The van der Waals surface area contributed by atoms with Crippen LogP contribution in [0.4, 0.5) is 0 Å². The minimum atomic E-state index is 0.312. The Morgan fingerprint density at radius 1 is 1.22 bits per heavy atom. The van der Waals surface area contributed by atoms with E-state index in [1.807, 2.05) is 12.1 Å². The average molecular weight is 124 g/mol. The van der Waals surface area contributed by atoms with Crippen molar-refractivity contribution < 1.29 is 10.8 Å². The summed E-state index contributed by atoms with van der Waals surface area (Å²) in [6.07, 6.45) is 0. The second kappa shape index (κ2) is 2.51. The molecule has 0 heterocycles. The summed E-state index contributed by atoms with van der Waals surface area (Å²) >= 11 is 0. The van der Waals surface area contributed by atoms with Gasteiger partial charge >= 0.3 is 0 Å². The van der Waals surface area contributed by atoms with Gasteiger partial charge in [0.05, 0.1) is 6.54 Å². The molecular weight excluding hydrogens is 114 g/mol. The molecule has 0 unspecified atom stereocenters. The Hall–Kier alpha value is -1.02. The topological polar surface area (TPSA) is 47.9 Å². The van der Waals surface area contributed by atoms with Gasteiger partial charge in [-0.1, -0.05) is 0 Å². The Labute approximate surface area is 53.9 Å². The van der Waals surface area contributed by atoms with Crippen molar-refractivity contribution in [2.75, 3.05) is 0 Å². The van der Waals surface area contributed by atoms with Gasteiger partial charge in [-0.05, 0) is 24.3 Å². The van der Waals surface area contributed by atoms with Crippen LogP contribution >= 0.6 is 0 Å². The van der Waals surface area contributed by atoms with Crippen LogP contribution in [-0.2, 0) is 6.54 Å². The Bertz CT molecular complexity index is 181. The standard InChI is InChI=1S/C7H9NO/c8-5-6-1-3-7(9)4-2-6/h1-4,9H,5,8H2/p+1. The fourth-order valence-corrected chi connectivity index (χ4v) is 0.663. The SMILES string of the molecule is [NH3+]Cc1ccc(O)cc1. The molecule has 0 aromatic heterocycles. The summed E-state index contributed by atoms with van der Waals surface area (Å²) in [5, 5.41) is 8.83. The third-order valence-corrected chi connectivity index (χ3v) is 1.23. The molecule has 2 nitrogen and oxygen atoms in total. The van der Waals surface area contributed by atoms with Gasteiger partial charge in [0.25, 0.3) is 0 Å². The van der Waals surface area contributed by atoms with Crippen LogP contribution in [0.25, 0.3) is 0 Å². The van der Waals surface area contributed by atoms with Gasteiger partial charge in [0.15, 0.2) is 0 Å². The second-order valence-corrected chi connectivity index (χ2v) is 1.92. The molecular formula is C7H10NO+. The maximum Gasteiger partial charge on any atom is 0.115 e. The lowest BCUT2D eigenvalue weighted by atomic mass is 10.2. The highest BCUT2D eigenvalue weighted by molar-refractivity contribution is 5.25. The van der Waals surface area contributed by atoms with E-state index >= 15 is 0 Å². The molecule has 1 rings (SSSR count). The maximum atomic E-state index is 8.83. The van der Waals surface area contributed by atoms with Gasteiger partial charge < -0.3 is 10.8 Å². The lowest BCUT2D eigenvalue weighted by Gasteiger charge is -1.92. The molecule has 0 amide bonds. The van der Waals surface area contributed by atoms with Gasteiger partial charge in [-0.2, -0.15) is 0 Å². The third kappa shape index (κ3) is 1.44. The van der Waals surface area contributed by atoms with E-state index in [4.69, 9.17) is 5.11 Å². The highest BCUT2D eigenvalue weighted by Gasteiger charge is 1.88. The highest BCUT2D eigenvalue weighted by Crippen LogP contribution is 2.07. The van der Waals surface area contributed by atoms with Crippen molar-refractivity contribution in [3.05, 3.63) is 29.8 Å². The Morgan fingerprint density at radius 3 is 2.22 bits per heavy atom. The van der Waals surface area contributed by atoms with Crippen LogP contribution in [0, 0.1) is 0 Å². The van der Waals surface area contributed by atoms with Crippen molar-refractivity contribution in [1.82, 2.24) is 0 Å². The fourth-order valence-electron chi connectivity index (χ4n) is 0.663. The molecule has 0 aliphatic heterocycles. The second-order valence-electron chi connectivity index (χ2n) is 1.92. The first-order valence-electron chi connectivity index (χ1n) is 2.90. The van der Waals surface area contributed by atoms with Crippen LogP contribution in [-0.4, -0.2) is 5.11 Å². The lowest BCUT2D eigenvalue weighted by Crippen LogP contribution is -2.47. The van der Waals surface area contributed by atoms with Crippen LogP contribution < -0.4 is 5.73 Å². The molecule has 0 saturated heterocycles. The predicted octanol–water partition coefficient (Wildman–Crippen LogP) is 0.134. The molecule has 0 radical (unpaired) electrons. The Morgan fingerprint density at radius 2 is 1.78 bits per heavy atom. The summed E-state index contributed by atoms with van der Waals surface area (Å²) < 4.78 is 0. The summed E-state index contributed by atoms with van der Waals surface area (Å²) in [6, 6.07) is 7.06. The molecule has 1 aromatic rings. The van der Waals surface area contributed by atoms with Crippen LogP contribution in [0.1, 0.15) is 5.56 Å². The van der Waals surface area contributed by atoms with E-state index in [9.17, 15) is 0 Å². The predicted molar refractivity (Wildman–Crippen MR) is 34.7 cm³/mol. The number of hydrogen-bond donors (Lipinski definition) is 2. The van der Waals surface area contributed by atoms with Crippen molar-refractivity contribution in [2.24, 2.45) is 0 Å². The third-order valence-electron chi connectivity index (χ3n) is 1.23. The molecule has 48 valence electrons. The quantitative estimate of drug-likeness (QED) is 0.549. The van der Waals surface area contributed by atoms with E-state index in [0.717, 1.165) is 12.1 Å². The van der Waals surface area contributed by atoms with E-state index in [1.54, 1.807) is 12.1 Å². The smallest absolute Gasteiger partial charge is 0.115 e. The minimum Gasteiger partial charge on any atom is -0.508 e. The van der Waals surface area contributed by atoms with Gasteiger partial charge in [0.1, 0.15) is 5.75 Å². The molecule has 0 saturated carbocycles. The molecule has 0 fully saturated rings. The Kier molecular flexibility index (Phi) is 1.70. The van der Waals surface area contributed by atoms with Crippen LogP contribution in [0.5, 0.6) is 5.75 Å². The molecule has 4 N–H and O–H groups in total. The molecule has 1 aromatic carbocycles. The summed E-state index contributed by atoms with van der Waals surface area (Å²) in [5.41, 5.74) is 4.85. The average Bonchev–Trinajstić information content (AvgIpc) is 1.90. The number of aromatic hydroxyl groups is 1. The fraction of sp³-hybridized carbons (Fsp3) is 0.143. The Balaban J connectivity index is 2.88. The van der Waals surface area contributed by atoms with Gasteiger partial charge in [-0.25, -0.2) is 0 Å². The molecule has 0 bridgehead atoms. The summed E-state index contributed by atoms with van der Waals surface area (Å²) in [7, 11) is 0. The van der Waals surface area contributed by atoms with Gasteiger partial charge in [0, 0.05) is 5.56 Å². The van der Waals surface area contributed by atoms with Crippen molar-refractivity contribution in [3.8, 4) is 5.75 Å². The van der Waals surface area contributed by atoms with Gasteiger partial charge in [-0.3, -0.25) is 0 Å². The largest absolute Gasteiger partial charge is 0.508 e. The van der Waals surface area contributed by atoms with Crippen LogP contribution in [0.3, 0.4) is 0 Å². The van der Waals surface area contributed by atoms with Crippen molar-refractivity contribution in [2.45, 2.75) is 6.54 Å². The molecule has 2 heteroatoms. The van der Waals surface area contributed by atoms with E-state index in [-0.39, 0.29) is 0 Å². The zero-order valence-electron chi connectivity index (χ0n) is 5.17. The first-order chi connectivity index (χ1) is 4.33. The number of quaternary nitrogens is 1. The normalized spacial score (nSPS) is 9.44. The van der Waals surface area contributed by atoms with E-state index < -0.39 is 0 Å². The summed E-state index contributed by atoms with van der Waals surface area (Å²) in [6.45, 7) is 0.778. The molecule has 0 atom stereocenters. The van der Waals surface area contributed by atoms with Crippen molar-refractivity contribution >= 4 is 0 Å². The zero-order chi connectivity index (χ0) is 6.69. The van der Waals surface area contributed by atoms with E-state index in [2.05, 4.69) is 5.73 Å². The number of hydrogen-bond acceptors (Lipinski definition) is 1. The van der Waals surface area contributed by atoms with Crippen molar-refractivity contribution in [3.63, 3.8) is 0 Å². The zero-order valence-corrected chi connectivity index (χ0v) is 5.17. The first kappa shape index (κ1) is 6.11. The summed E-state index contributed by atoms with van der Waals surface area (Å²) in [4.78, 5) is 0. The number of benzene rings is 1.